The molecular weight excluding hydrogens is 286 g/mol. The number of hydrogen-bond donors (Lipinski definition) is 3. The van der Waals surface area contributed by atoms with Crippen LogP contribution in [0.1, 0.15) is 46.5 Å². The third-order valence-electron chi connectivity index (χ3n) is 3.53. The summed E-state index contributed by atoms with van der Waals surface area (Å²) in [6, 6.07) is 6.37. The third kappa shape index (κ3) is 6.03. The van der Waals surface area contributed by atoms with Crippen LogP contribution in [0.15, 0.2) is 29.2 Å². The van der Waals surface area contributed by atoms with E-state index in [-0.39, 0.29) is 10.3 Å². The first kappa shape index (κ1) is 17.9. The van der Waals surface area contributed by atoms with E-state index in [0.29, 0.717) is 12.2 Å². The van der Waals surface area contributed by atoms with E-state index in [9.17, 15) is 8.42 Å². The van der Waals surface area contributed by atoms with Crippen LogP contribution in [0.5, 0.6) is 0 Å². The van der Waals surface area contributed by atoms with Crippen molar-refractivity contribution in [1.82, 2.24) is 4.72 Å². The van der Waals surface area contributed by atoms with Crippen LogP contribution in [0.25, 0.3) is 0 Å². The third-order valence-corrected chi connectivity index (χ3v) is 4.95. The fraction of sp³-hybridized carbons (Fsp3) is 0.600. The largest absolute Gasteiger partial charge is 0.324 e. The molecule has 0 saturated heterocycles. The zero-order valence-corrected chi connectivity index (χ0v) is 14.0. The normalized spacial score (nSPS) is 12.4. The lowest BCUT2D eigenvalue weighted by atomic mass is 9.87. The highest BCUT2D eigenvalue weighted by Gasteiger charge is 2.21. The van der Waals surface area contributed by atoms with Crippen LogP contribution in [-0.4, -0.2) is 15.0 Å². The summed E-state index contributed by atoms with van der Waals surface area (Å²) in [7, 11) is -3.47. The number of nitrogens with one attached hydrogen (secondary N) is 2. The van der Waals surface area contributed by atoms with Crippen LogP contribution < -0.4 is 16.0 Å². The molecular formula is C15H27N3O2S. The Balaban J connectivity index is 2.63. The van der Waals surface area contributed by atoms with Crippen molar-refractivity contribution in [3.8, 4) is 0 Å². The molecule has 0 bridgehead atoms. The van der Waals surface area contributed by atoms with Gasteiger partial charge >= 0.3 is 0 Å². The van der Waals surface area contributed by atoms with Gasteiger partial charge in [-0.3, -0.25) is 5.84 Å². The number of nitrogen functional groups attached to an aromatic ring is 1. The van der Waals surface area contributed by atoms with Gasteiger partial charge in [0.25, 0.3) is 0 Å². The molecule has 120 valence electrons. The molecule has 0 amide bonds. The fourth-order valence-corrected chi connectivity index (χ4v) is 3.29. The Kier molecular flexibility index (Phi) is 6.64. The number of anilines is 1. The first-order valence-electron chi connectivity index (χ1n) is 7.37. The first-order chi connectivity index (χ1) is 9.80. The minimum absolute atomic E-state index is 0.0407. The maximum Gasteiger partial charge on any atom is 0.240 e. The molecule has 0 heterocycles. The molecule has 0 radical (unpaired) electrons. The van der Waals surface area contributed by atoms with Gasteiger partial charge < -0.3 is 5.43 Å². The number of unbranched alkanes of at least 4 members (excludes halogenated alkanes) is 2. The molecule has 21 heavy (non-hydrogen) atoms. The lowest BCUT2D eigenvalue weighted by Crippen LogP contribution is -2.34. The summed E-state index contributed by atoms with van der Waals surface area (Å²) in [6.45, 7) is 6.78. The van der Waals surface area contributed by atoms with Crippen LogP contribution in [0.2, 0.25) is 0 Å². The standard InChI is InChI=1S/C15H27N3O2S/c1-4-5-6-11-15(2,3)12-17-21(19,20)14-9-7-13(18-16)8-10-14/h7-10,17-18H,4-6,11-12,16H2,1-3H3. The molecule has 4 N–H and O–H groups in total. The Bertz CT molecular complexity index is 524. The molecule has 0 aliphatic carbocycles. The van der Waals surface area contributed by atoms with Crippen LogP contribution in [0, 0.1) is 5.41 Å². The summed E-state index contributed by atoms with van der Waals surface area (Å²) < 4.78 is 27.2. The van der Waals surface area contributed by atoms with Gasteiger partial charge in [0.1, 0.15) is 0 Å². The highest BCUT2D eigenvalue weighted by Crippen LogP contribution is 2.23. The van der Waals surface area contributed by atoms with Crippen LogP contribution in [-0.2, 0) is 10.0 Å². The van der Waals surface area contributed by atoms with Crippen molar-refractivity contribution in [1.29, 1.82) is 0 Å². The molecule has 0 aliphatic heterocycles. The van der Waals surface area contributed by atoms with E-state index in [2.05, 4.69) is 30.9 Å². The number of sulfonamides is 1. The zero-order valence-electron chi connectivity index (χ0n) is 13.1. The second-order valence-electron chi connectivity index (χ2n) is 6.11. The van der Waals surface area contributed by atoms with E-state index in [4.69, 9.17) is 5.84 Å². The maximum atomic E-state index is 12.2. The molecule has 0 saturated carbocycles. The van der Waals surface area contributed by atoms with Crippen LogP contribution in [0.4, 0.5) is 5.69 Å². The summed E-state index contributed by atoms with van der Waals surface area (Å²) in [5.41, 5.74) is 3.11. The van der Waals surface area contributed by atoms with Gasteiger partial charge in [-0.2, -0.15) is 0 Å². The average Bonchev–Trinajstić information content (AvgIpc) is 2.46. The maximum absolute atomic E-state index is 12.2. The Labute approximate surface area is 128 Å². The van der Waals surface area contributed by atoms with Crippen molar-refractivity contribution in [2.24, 2.45) is 11.3 Å². The first-order valence-corrected chi connectivity index (χ1v) is 8.85. The molecule has 0 aliphatic rings. The van der Waals surface area contributed by atoms with Crippen molar-refractivity contribution < 1.29 is 8.42 Å². The number of hydrazine groups is 1. The van der Waals surface area contributed by atoms with E-state index < -0.39 is 10.0 Å². The molecule has 1 aromatic rings. The zero-order chi connectivity index (χ0) is 15.9. The summed E-state index contributed by atoms with van der Waals surface area (Å²) in [5.74, 6) is 5.27. The molecule has 0 atom stereocenters. The van der Waals surface area contributed by atoms with E-state index in [1.807, 2.05) is 0 Å². The summed E-state index contributed by atoms with van der Waals surface area (Å²) in [4.78, 5) is 0.255. The quantitative estimate of drug-likeness (QED) is 0.372. The summed E-state index contributed by atoms with van der Waals surface area (Å²) in [5, 5.41) is 0. The van der Waals surface area contributed by atoms with Crippen molar-refractivity contribution in [3.05, 3.63) is 24.3 Å². The molecule has 1 aromatic carbocycles. The number of nitrogens with two attached hydrogens (primary N) is 1. The van der Waals surface area contributed by atoms with Crippen molar-refractivity contribution in [2.75, 3.05) is 12.0 Å². The summed E-state index contributed by atoms with van der Waals surface area (Å²) >= 11 is 0. The van der Waals surface area contributed by atoms with E-state index in [1.54, 1.807) is 24.3 Å². The van der Waals surface area contributed by atoms with Gasteiger partial charge in [-0.1, -0.05) is 40.0 Å². The molecule has 6 heteroatoms. The fourth-order valence-electron chi connectivity index (χ4n) is 2.05. The highest BCUT2D eigenvalue weighted by atomic mass is 32.2. The predicted octanol–water partition coefficient (Wildman–Crippen LogP) is 2.86. The average molecular weight is 313 g/mol. The molecule has 0 unspecified atom stereocenters. The second kappa shape index (κ2) is 7.77. The topological polar surface area (TPSA) is 84.2 Å². The van der Waals surface area contributed by atoms with Crippen molar-refractivity contribution >= 4 is 15.7 Å². The number of rotatable bonds is 9. The van der Waals surface area contributed by atoms with Gasteiger partial charge in [-0.15, -0.1) is 0 Å². The minimum atomic E-state index is -3.47. The Morgan fingerprint density at radius 3 is 2.29 bits per heavy atom. The van der Waals surface area contributed by atoms with Crippen molar-refractivity contribution in [2.45, 2.75) is 51.3 Å². The second-order valence-corrected chi connectivity index (χ2v) is 7.88. The Hall–Kier alpha value is -1.11. The minimum Gasteiger partial charge on any atom is -0.324 e. The van der Waals surface area contributed by atoms with Gasteiger partial charge in [-0.05, 0) is 36.1 Å². The van der Waals surface area contributed by atoms with Gasteiger partial charge in [0.2, 0.25) is 10.0 Å². The molecule has 5 nitrogen and oxygen atoms in total. The highest BCUT2D eigenvalue weighted by molar-refractivity contribution is 7.89. The predicted molar refractivity (Wildman–Crippen MR) is 87.4 cm³/mol. The van der Waals surface area contributed by atoms with Gasteiger partial charge in [0.05, 0.1) is 4.90 Å². The molecule has 0 spiro atoms. The number of benzene rings is 1. The Morgan fingerprint density at radius 2 is 1.76 bits per heavy atom. The monoisotopic (exact) mass is 313 g/mol. The smallest absolute Gasteiger partial charge is 0.240 e. The molecule has 0 aromatic heterocycles. The van der Waals surface area contributed by atoms with E-state index >= 15 is 0 Å². The van der Waals surface area contributed by atoms with E-state index in [0.717, 1.165) is 12.8 Å². The van der Waals surface area contributed by atoms with E-state index in [1.165, 1.54) is 12.8 Å². The molecule has 1 rings (SSSR count). The van der Waals surface area contributed by atoms with Crippen LogP contribution in [0.3, 0.4) is 0 Å². The number of hydrogen-bond acceptors (Lipinski definition) is 4. The van der Waals surface area contributed by atoms with Gasteiger partial charge in [-0.25, -0.2) is 13.1 Å². The lowest BCUT2D eigenvalue weighted by molar-refractivity contribution is 0.320. The van der Waals surface area contributed by atoms with Gasteiger partial charge in [0, 0.05) is 12.2 Å². The SMILES string of the molecule is CCCCCC(C)(C)CNS(=O)(=O)c1ccc(NN)cc1. The van der Waals surface area contributed by atoms with Crippen LogP contribution >= 0.6 is 0 Å². The summed E-state index contributed by atoms with van der Waals surface area (Å²) in [6.07, 6.45) is 4.49. The Morgan fingerprint density at radius 1 is 1.14 bits per heavy atom. The molecule has 0 fully saturated rings. The van der Waals surface area contributed by atoms with Gasteiger partial charge in [0.15, 0.2) is 0 Å². The lowest BCUT2D eigenvalue weighted by Gasteiger charge is -2.24. The van der Waals surface area contributed by atoms with Crippen molar-refractivity contribution in [3.63, 3.8) is 0 Å².